The van der Waals surface area contributed by atoms with E-state index in [0.717, 1.165) is 6.42 Å². The molecule has 2 heterocycles. The Morgan fingerprint density at radius 2 is 2.18 bits per heavy atom. The molecule has 3 unspecified atom stereocenters. The standard InChI is InChI=1S/C16H21N3O3/c1-11-8-12-10-16(9-11,15(21)18(2)22-3)19(12)14(20)13-6-4-5-7-17-13/h4-7,11-12H,8-10H2,1-3H3. The van der Waals surface area contributed by atoms with E-state index in [1.807, 2.05) is 0 Å². The lowest BCUT2D eigenvalue weighted by atomic mass is 9.63. The number of likely N-dealkylation sites (N-methyl/N-ethyl adjacent to an activating group) is 1. The lowest BCUT2D eigenvalue weighted by Crippen LogP contribution is -2.76. The Hall–Kier alpha value is -1.95. The summed E-state index contributed by atoms with van der Waals surface area (Å²) in [6, 6.07) is 5.37. The zero-order valence-electron chi connectivity index (χ0n) is 13.2. The van der Waals surface area contributed by atoms with Crippen LogP contribution in [-0.2, 0) is 9.63 Å². The number of hydroxylamine groups is 2. The van der Waals surface area contributed by atoms with Crippen LogP contribution in [-0.4, -0.2) is 52.5 Å². The molecule has 1 aromatic rings. The Morgan fingerprint density at radius 3 is 2.82 bits per heavy atom. The second kappa shape index (κ2) is 5.35. The largest absolute Gasteiger partial charge is 0.319 e. The summed E-state index contributed by atoms with van der Waals surface area (Å²) in [4.78, 5) is 36.5. The zero-order valence-corrected chi connectivity index (χ0v) is 13.2. The number of nitrogens with zero attached hydrogens (tertiary/aromatic N) is 3. The SMILES string of the molecule is CON(C)C(=O)C12CC(C)CC(C1)N2C(=O)c1ccccn1. The maximum absolute atomic E-state index is 12.8. The fourth-order valence-electron chi connectivity index (χ4n) is 3.94. The molecule has 1 aliphatic heterocycles. The second-order valence-corrected chi connectivity index (χ2v) is 6.31. The van der Waals surface area contributed by atoms with E-state index in [4.69, 9.17) is 4.84 Å². The maximum atomic E-state index is 12.8. The Morgan fingerprint density at radius 1 is 1.41 bits per heavy atom. The van der Waals surface area contributed by atoms with Crippen molar-refractivity contribution in [2.45, 2.75) is 37.8 Å². The average Bonchev–Trinajstić information content (AvgIpc) is 2.53. The van der Waals surface area contributed by atoms with Gasteiger partial charge in [0.25, 0.3) is 11.8 Å². The normalized spacial score (nSPS) is 29.7. The summed E-state index contributed by atoms with van der Waals surface area (Å²) in [6.07, 6.45) is 3.92. The summed E-state index contributed by atoms with van der Waals surface area (Å²) >= 11 is 0. The number of carbonyl (C=O) groups excluding carboxylic acids is 2. The number of likely N-dealkylation sites (tertiary alicyclic amines) is 1. The number of hydrogen-bond acceptors (Lipinski definition) is 4. The summed E-state index contributed by atoms with van der Waals surface area (Å²) in [5.41, 5.74) is -0.388. The van der Waals surface area contributed by atoms with Gasteiger partial charge in [0.2, 0.25) is 0 Å². The van der Waals surface area contributed by atoms with Gasteiger partial charge in [0, 0.05) is 25.7 Å². The Bertz CT molecular complexity index is 592. The van der Waals surface area contributed by atoms with Crippen molar-refractivity contribution in [1.29, 1.82) is 0 Å². The third-order valence-electron chi connectivity index (χ3n) is 4.82. The first-order valence-electron chi connectivity index (χ1n) is 7.56. The van der Waals surface area contributed by atoms with E-state index in [1.165, 1.54) is 12.2 Å². The molecule has 6 heteroatoms. The second-order valence-electron chi connectivity index (χ2n) is 6.31. The monoisotopic (exact) mass is 303 g/mol. The Balaban J connectivity index is 1.93. The van der Waals surface area contributed by atoms with Crippen molar-refractivity contribution in [1.82, 2.24) is 14.9 Å². The van der Waals surface area contributed by atoms with Crippen LogP contribution in [0.15, 0.2) is 24.4 Å². The lowest BCUT2D eigenvalue weighted by Gasteiger charge is -2.62. The number of amides is 2. The number of piperidine rings is 1. The van der Waals surface area contributed by atoms with Crippen LogP contribution in [0.25, 0.3) is 0 Å². The summed E-state index contributed by atoms with van der Waals surface area (Å²) in [6.45, 7) is 2.13. The number of aromatic nitrogens is 1. The van der Waals surface area contributed by atoms with E-state index in [-0.39, 0.29) is 17.9 Å². The van der Waals surface area contributed by atoms with Crippen LogP contribution in [0.1, 0.15) is 36.7 Å². The Kier molecular flexibility index (Phi) is 3.64. The van der Waals surface area contributed by atoms with Crippen LogP contribution in [0.5, 0.6) is 0 Å². The van der Waals surface area contributed by atoms with Gasteiger partial charge >= 0.3 is 0 Å². The average molecular weight is 303 g/mol. The minimum absolute atomic E-state index is 0.118. The molecule has 6 nitrogen and oxygen atoms in total. The van der Waals surface area contributed by atoms with Gasteiger partial charge in [-0.15, -0.1) is 0 Å². The van der Waals surface area contributed by atoms with Crippen LogP contribution in [0.4, 0.5) is 0 Å². The highest BCUT2D eigenvalue weighted by atomic mass is 16.7. The van der Waals surface area contributed by atoms with Crippen molar-refractivity contribution in [3.63, 3.8) is 0 Å². The minimum Gasteiger partial charge on any atom is -0.319 e. The minimum atomic E-state index is -0.776. The van der Waals surface area contributed by atoms with Crippen molar-refractivity contribution >= 4 is 11.8 Å². The fraction of sp³-hybridized carbons (Fsp3) is 0.562. The molecule has 0 aromatic carbocycles. The number of pyridine rings is 1. The van der Waals surface area contributed by atoms with Gasteiger partial charge in [0.1, 0.15) is 11.2 Å². The molecule has 0 spiro atoms. The number of fused-ring (bicyclic) bond motifs is 2. The van der Waals surface area contributed by atoms with E-state index in [0.29, 0.717) is 24.5 Å². The van der Waals surface area contributed by atoms with Crippen LogP contribution < -0.4 is 0 Å². The van der Waals surface area contributed by atoms with Crippen molar-refractivity contribution in [2.24, 2.45) is 5.92 Å². The zero-order chi connectivity index (χ0) is 15.9. The van der Waals surface area contributed by atoms with E-state index >= 15 is 0 Å². The molecule has 118 valence electrons. The highest BCUT2D eigenvalue weighted by Crippen LogP contribution is 2.51. The first-order chi connectivity index (χ1) is 10.5. The number of carbonyl (C=O) groups is 2. The molecule has 1 aromatic heterocycles. The third kappa shape index (κ3) is 2.09. The van der Waals surface area contributed by atoms with Crippen LogP contribution in [0.2, 0.25) is 0 Å². The molecule has 1 aliphatic carbocycles. The Labute approximate surface area is 130 Å². The topological polar surface area (TPSA) is 62.7 Å². The molecular formula is C16H21N3O3. The predicted octanol–water partition coefficient (Wildman–Crippen LogP) is 1.48. The highest BCUT2D eigenvalue weighted by Gasteiger charge is 2.63. The summed E-state index contributed by atoms with van der Waals surface area (Å²) in [5, 5.41) is 1.23. The molecule has 1 saturated heterocycles. The van der Waals surface area contributed by atoms with Gasteiger partial charge in [-0.1, -0.05) is 13.0 Å². The molecule has 2 bridgehead atoms. The maximum Gasteiger partial charge on any atom is 0.273 e. The molecule has 1 saturated carbocycles. The van der Waals surface area contributed by atoms with Gasteiger partial charge in [-0.25, -0.2) is 5.06 Å². The van der Waals surface area contributed by atoms with Crippen LogP contribution >= 0.6 is 0 Å². The molecule has 22 heavy (non-hydrogen) atoms. The summed E-state index contributed by atoms with van der Waals surface area (Å²) in [7, 11) is 3.05. The van der Waals surface area contributed by atoms with Crippen LogP contribution in [0, 0.1) is 5.92 Å². The summed E-state index contributed by atoms with van der Waals surface area (Å²) in [5.74, 6) is 0.101. The van der Waals surface area contributed by atoms with E-state index in [1.54, 1.807) is 36.3 Å². The molecule has 0 radical (unpaired) electrons. The highest BCUT2D eigenvalue weighted by molar-refractivity contribution is 6.00. The van der Waals surface area contributed by atoms with Gasteiger partial charge < -0.3 is 4.90 Å². The van der Waals surface area contributed by atoms with Gasteiger partial charge in [0.15, 0.2) is 0 Å². The van der Waals surface area contributed by atoms with E-state index < -0.39 is 5.54 Å². The van der Waals surface area contributed by atoms with Crippen LogP contribution in [0.3, 0.4) is 0 Å². The first-order valence-corrected chi connectivity index (χ1v) is 7.56. The predicted molar refractivity (Wildman–Crippen MR) is 79.7 cm³/mol. The third-order valence-corrected chi connectivity index (χ3v) is 4.82. The van der Waals surface area contributed by atoms with Gasteiger partial charge in [-0.2, -0.15) is 0 Å². The number of hydrogen-bond donors (Lipinski definition) is 0. The lowest BCUT2D eigenvalue weighted by molar-refractivity contribution is -0.200. The van der Waals surface area contributed by atoms with Crippen molar-refractivity contribution < 1.29 is 14.4 Å². The number of rotatable bonds is 3. The van der Waals surface area contributed by atoms with Crippen molar-refractivity contribution in [2.75, 3.05) is 14.2 Å². The molecule has 3 atom stereocenters. The summed E-state index contributed by atoms with van der Waals surface area (Å²) < 4.78 is 0. The smallest absolute Gasteiger partial charge is 0.273 e. The molecule has 2 fully saturated rings. The van der Waals surface area contributed by atoms with Gasteiger partial charge in [-0.3, -0.25) is 19.4 Å². The quantitative estimate of drug-likeness (QED) is 0.794. The molecule has 0 N–H and O–H groups in total. The van der Waals surface area contributed by atoms with Gasteiger partial charge in [0.05, 0.1) is 7.11 Å². The molecule has 3 rings (SSSR count). The molecule has 2 amide bonds. The van der Waals surface area contributed by atoms with Gasteiger partial charge in [-0.05, 0) is 30.9 Å². The fourth-order valence-corrected chi connectivity index (χ4v) is 3.94. The first kappa shape index (κ1) is 15.0. The van der Waals surface area contributed by atoms with Crippen molar-refractivity contribution in [3.05, 3.63) is 30.1 Å². The van der Waals surface area contributed by atoms with E-state index in [2.05, 4.69) is 11.9 Å². The van der Waals surface area contributed by atoms with Crippen molar-refractivity contribution in [3.8, 4) is 0 Å². The van der Waals surface area contributed by atoms with E-state index in [9.17, 15) is 9.59 Å². The molecular weight excluding hydrogens is 282 g/mol. The molecule has 2 aliphatic rings.